The SMILES string of the molecule is CCOc1ncc(Nc2cc(C3(C(=O)O)CCC3)ccc2N(CC(C)C)CC(C)C)cn1. The van der Waals surface area contributed by atoms with Crippen LogP contribution in [0.25, 0.3) is 0 Å². The van der Waals surface area contributed by atoms with Crippen molar-refractivity contribution in [3.8, 4) is 6.01 Å². The zero-order valence-electron chi connectivity index (χ0n) is 19.9. The van der Waals surface area contributed by atoms with E-state index in [0.717, 1.165) is 42.1 Å². The molecule has 0 radical (unpaired) electrons. The first-order valence-corrected chi connectivity index (χ1v) is 11.6. The van der Waals surface area contributed by atoms with Crippen molar-refractivity contribution < 1.29 is 14.6 Å². The molecule has 174 valence electrons. The molecule has 7 heteroatoms. The molecule has 0 aliphatic heterocycles. The van der Waals surface area contributed by atoms with Crippen LogP contribution < -0.4 is 15.0 Å². The van der Waals surface area contributed by atoms with Gasteiger partial charge in [-0.05, 0) is 49.3 Å². The normalized spacial score (nSPS) is 14.8. The highest BCUT2D eigenvalue weighted by Crippen LogP contribution is 2.46. The minimum absolute atomic E-state index is 0.340. The average Bonchev–Trinajstić information content (AvgIpc) is 2.67. The van der Waals surface area contributed by atoms with Crippen molar-refractivity contribution in [2.45, 2.75) is 59.3 Å². The number of aliphatic carboxylic acids is 1. The van der Waals surface area contributed by atoms with Crippen LogP contribution in [0.5, 0.6) is 6.01 Å². The maximum atomic E-state index is 12.1. The molecule has 7 nitrogen and oxygen atoms in total. The molecule has 1 aromatic carbocycles. The summed E-state index contributed by atoms with van der Waals surface area (Å²) < 4.78 is 5.35. The smallest absolute Gasteiger partial charge is 0.316 e. The molecule has 0 saturated heterocycles. The molecule has 1 aliphatic rings. The number of hydrogen-bond donors (Lipinski definition) is 2. The molecular formula is C25H36N4O3. The Labute approximate surface area is 191 Å². The summed E-state index contributed by atoms with van der Waals surface area (Å²) in [7, 11) is 0. The molecule has 1 aliphatic carbocycles. The number of carboxylic acid groups (broad SMARTS) is 1. The molecule has 0 unspecified atom stereocenters. The number of rotatable bonds is 11. The number of carbonyl (C=O) groups is 1. The van der Waals surface area contributed by atoms with Gasteiger partial charge in [-0.15, -0.1) is 0 Å². The van der Waals surface area contributed by atoms with Gasteiger partial charge in [-0.1, -0.05) is 40.2 Å². The van der Waals surface area contributed by atoms with Gasteiger partial charge in [-0.25, -0.2) is 9.97 Å². The Kier molecular flexibility index (Phi) is 7.59. The summed E-state index contributed by atoms with van der Waals surface area (Å²) in [5, 5.41) is 13.4. The van der Waals surface area contributed by atoms with Gasteiger partial charge in [-0.2, -0.15) is 0 Å². The molecule has 1 saturated carbocycles. The van der Waals surface area contributed by atoms with Gasteiger partial charge in [0.2, 0.25) is 0 Å². The van der Waals surface area contributed by atoms with Crippen LogP contribution in [0.4, 0.5) is 17.1 Å². The second-order valence-electron chi connectivity index (χ2n) is 9.48. The summed E-state index contributed by atoms with van der Waals surface area (Å²) in [4.78, 5) is 23.0. The van der Waals surface area contributed by atoms with Crippen LogP contribution in [0.3, 0.4) is 0 Å². The van der Waals surface area contributed by atoms with Crippen molar-refractivity contribution in [1.29, 1.82) is 0 Å². The Morgan fingerprint density at radius 3 is 2.25 bits per heavy atom. The molecule has 0 amide bonds. The van der Waals surface area contributed by atoms with E-state index in [9.17, 15) is 9.90 Å². The Hall–Kier alpha value is -2.83. The van der Waals surface area contributed by atoms with Gasteiger partial charge in [0.15, 0.2) is 0 Å². The summed E-state index contributed by atoms with van der Waals surface area (Å²) in [5.74, 6) is 0.243. The van der Waals surface area contributed by atoms with Gasteiger partial charge in [0.1, 0.15) is 0 Å². The zero-order valence-corrected chi connectivity index (χ0v) is 19.9. The summed E-state index contributed by atoms with van der Waals surface area (Å²) in [5.41, 5.74) is 2.74. The van der Waals surface area contributed by atoms with Gasteiger partial charge in [0.25, 0.3) is 0 Å². The van der Waals surface area contributed by atoms with Gasteiger partial charge in [0, 0.05) is 13.1 Å². The topological polar surface area (TPSA) is 87.6 Å². The standard InChI is InChI=1S/C25H36N4O3/c1-6-32-24-26-13-20(14-27-24)28-21-12-19(25(23(30)31)10-7-11-25)8-9-22(21)29(15-17(2)3)16-18(4)5/h8-9,12-14,17-18,28H,6-7,10-11,15-16H2,1-5H3,(H,30,31). The summed E-state index contributed by atoms with van der Waals surface area (Å²) in [6.07, 6.45) is 5.68. The maximum absolute atomic E-state index is 12.1. The lowest BCUT2D eigenvalue weighted by Gasteiger charge is -2.39. The zero-order chi connectivity index (χ0) is 23.3. The van der Waals surface area contributed by atoms with Crippen molar-refractivity contribution in [3.05, 3.63) is 36.2 Å². The molecule has 0 atom stereocenters. The van der Waals surface area contributed by atoms with E-state index in [1.807, 2.05) is 19.1 Å². The fraction of sp³-hybridized carbons (Fsp3) is 0.560. The summed E-state index contributed by atoms with van der Waals surface area (Å²) >= 11 is 0. The molecular weight excluding hydrogens is 404 g/mol. The lowest BCUT2D eigenvalue weighted by atomic mass is 9.64. The first kappa shape index (κ1) is 23.8. The number of nitrogens with zero attached hydrogens (tertiary/aromatic N) is 3. The highest BCUT2D eigenvalue weighted by molar-refractivity contribution is 5.85. The molecule has 1 heterocycles. The molecule has 1 fully saturated rings. The van der Waals surface area contributed by atoms with Gasteiger partial charge in [-0.3, -0.25) is 4.79 Å². The van der Waals surface area contributed by atoms with E-state index in [-0.39, 0.29) is 0 Å². The highest BCUT2D eigenvalue weighted by Gasteiger charge is 2.46. The third kappa shape index (κ3) is 5.31. The van der Waals surface area contributed by atoms with E-state index in [1.165, 1.54) is 0 Å². The lowest BCUT2D eigenvalue weighted by molar-refractivity contribution is -0.147. The average molecular weight is 441 g/mol. The molecule has 3 rings (SSSR count). The summed E-state index contributed by atoms with van der Waals surface area (Å²) in [6.45, 7) is 13.1. The first-order valence-electron chi connectivity index (χ1n) is 11.6. The Morgan fingerprint density at radius 2 is 1.78 bits per heavy atom. The van der Waals surface area contributed by atoms with Gasteiger partial charge in [0.05, 0.1) is 41.5 Å². The van der Waals surface area contributed by atoms with E-state index in [1.54, 1.807) is 12.4 Å². The number of carboxylic acids is 1. The van der Waals surface area contributed by atoms with Crippen molar-refractivity contribution in [1.82, 2.24) is 9.97 Å². The van der Waals surface area contributed by atoms with E-state index in [0.29, 0.717) is 37.3 Å². The Balaban J connectivity index is 2.02. The summed E-state index contributed by atoms with van der Waals surface area (Å²) in [6, 6.07) is 6.41. The van der Waals surface area contributed by atoms with Crippen LogP contribution in [0, 0.1) is 11.8 Å². The maximum Gasteiger partial charge on any atom is 0.316 e. The molecule has 0 spiro atoms. The Bertz CT molecular complexity index is 898. The van der Waals surface area contributed by atoms with E-state index < -0.39 is 11.4 Å². The second-order valence-corrected chi connectivity index (χ2v) is 9.48. The minimum Gasteiger partial charge on any atom is -0.481 e. The van der Waals surface area contributed by atoms with Crippen LogP contribution in [-0.2, 0) is 10.2 Å². The van der Waals surface area contributed by atoms with Gasteiger partial charge >= 0.3 is 12.0 Å². The lowest BCUT2D eigenvalue weighted by Crippen LogP contribution is -2.42. The van der Waals surface area contributed by atoms with E-state index in [4.69, 9.17) is 4.74 Å². The molecule has 1 aromatic heterocycles. The van der Waals surface area contributed by atoms with Crippen LogP contribution in [-0.4, -0.2) is 40.7 Å². The first-order chi connectivity index (χ1) is 15.2. The predicted molar refractivity (Wildman–Crippen MR) is 128 cm³/mol. The number of aromatic nitrogens is 2. The molecule has 2 aromatic rings. The second kappa shape index (κ2) is 10.2. The number of hydrogen-bond acceptors (Lipinski definition) is 6. The van der Waals surface area contributed by atoms with Crippen molar-refractivity contribution in [2.24, 2.45) is 11.8 Å². The van der Waals surface area contributed by atoms with Crippen LogP contribution in [0.15, 0.2) is 30.6 Å². The molecule has 2 N–H and O–H groups in total. The number of ether oxygens (including phenoxy) is 1. The van der Waals surface area contributed by atoms with Crippen molar-refractivity contribution in [2.75, 3.05) is 29.9 Å². The third-order valence-electron chi connectivity index (χ3n) is 5.86. The fourth-order valence-corrected chi connectivity index (χ4v) is 4.26. The fourth-order valence-electron chi connectivity index (χ4n) is 4.26. The van der Waals surface area contributed by atoms with Crippen LogP contribution in [0.2, 0.25) is 0 Å². The largest absolute Gasteiger partial charge is 0.481 e. The number of anilines is 3. The van der Waals surface area contributed by atoms with Crippen molar-refractivity contribution >= 4 is 23.0 Å². The highest BCUT2D eigenvalue weighted by atomic mass is 16.5. The van der Waals surface area contributed by atoms with Gasteiger partial charge < -0.3 is 20.1 Å². The van der Waals surface area contributed by atoms with E-state index in [2.05, 4.69) is 53.9 Å². The Morgan fingerprint density at radius 1 is 1.16 bits per heavy atom. The van der Waals surface area contributed by atoms with E-state index >= 15 is 0 Å². The molecule has 0 bridgehead atoms. The monoisotopic (exact) mass is 440 g/mol. The van der Waals surface area contributed by atoms with Crippen molar-refractivity contribution in [3.63, 3.8) is 0 Å². The van der Waals surface area contributed by atoms with Crippen LogP contribution >= 0.6 is 0 Å². The molecule has 32 heavy (non-hydrogen) atoms. The number of benzene rings is 1. The quantitative estimate of drug-likeness (QED) is 0.494. The number of nitrogens with one attached hydrogen (secondary N) is 1. The third-order valence-corrected chi connectivity index (χ3v) is 5.86. The minimum atomic E-state index is -0.786. The van der Waals surface area contributed by atoms with Crippen LogP contribution in [0.1, 0.15) is 59.4 Å². The predicted octanol–water partition coefficient (Wildman–Crippen LogP) is 5.24.